The number of thiocarbonyl (C=S) groups is 1. The van der Waals surface area contributed by atoms with Gasteiger partial charge in [0.15, 0.2) is 5.11 Å². The largest absolute Gasteiger partial charge is 0.459 e. The van der Waals surface area contributed by atoms with Gasteiger partial charge in [0.25, 0.3) is 0 Å². The van der Waals surface area contributed by atoms with Crippen molar-refractivity contribution in [1.29, 1.82) is 0 Å². The van der Waals surface area contributed by atoms with Crippen LogP contribution in [0.4, 0.5) is 5.69 Å². The van der Waals surface area contributed by atoms with Crippen LogP contribution in [0.15, 0.2) is 87.9 Å². The lowest BCUT2D eigenvalue weighted by Crippen LogP contribution is -2.32. The Morgan fingerprint density at radius 1 is 1.08 bits per heavy atom. The molecule has 5 rings (SSSR count). The molecule has 188 valence electrons. The SMILES string of the molecule is Cc1ccc(NC(=O)CCN2C(=S)N[C@H](c3ccccn3)[C@H]2c2ccc(-c3ccc(C)cc3Br)o2)cc1. The molecule has 8 heteroatoms. The summed E-state index contributed by atoms with van der Waals surface area (Å²) in [6.07, 6.45) is 2.05. The lowest BCUT2D eigenvalue weighted by atomic mass is 10.0. The van der Waals surface area contributed by atoms with Gasteiger partial charge in [0.1, 0.15) is 17.6 Å². The minimum absolute atomic E-state index is 0.0737. The third-order valence-electron chi connectivity index (χ3n) is 6.42. The minimum Gasteiger partial charge on any atom is -0.459 e. The number of amides is 1. The predicted molar refractivity (Wildman–Crippen MR) is 153 cm³/mol. The number of pyridine rings is 1. The molecule has 3 heterocycles. The molecule has 0 spiro atoms. The summed E-state index contributed by atoms with van der Waals surface area (Å²) in [5.74, 6) is 1.44. The van der Waals surface area contributed by atoms with E-state index in [1.807, 2.05) is 72.5 Å². The third kappa shape index (κ3) is 5.60. The fourth-order valence-electron chi connectivity index (χ4n) is 4.51. The summed E-state index contributed by atoms with van der Waals surface area (Å²) in [6, 6.07) is 23.2. The van der Waals surface area contributed by atoms with E-state index in [2.05, 4.69) is 50.6 Å². The number of rotatable bonds is 7. The number of hydrogen-bond donors (Lipinski definition) is 2. The summed E-state index contributed by atoms with van der Waals surface area (Å²) in [5, 5.41) is 6.95. The molecule has 0 radical (unpaired) electrons. The molecule has 2 aromatic heterocycles. The zero-order valence-corrected chi connectivity index (χ0v) is 23.0. The molecule has 0 aliphatic carbocycles. The molecule has 1 aliphatic rings. The van der Waals surface area contributed by atoms with E-state index in [0.717, 1.165) is 44.1 Å². The van der Waals surface area contributed by atoms with Gasteiger partial charge in [0.2, 0.25) is 5.91 Å². The van der Waals surface area contributed by atoms with Gasteiger partial charge in [-0.3, -0.25) is 9.78 Å². The van der Waals surface area contributed by atoms with Crippen LogP contribution in [0.2, 0.25) is 0 Å². The summed E-state index contributed by atoms with van der Waals surface area (Å²) in [7, 11) is 0. The molecule has 4 aromatic rings. The van der Waals surface area contributed by atoms with Gasteiger partial charge < -0.3 is 20.0 Å². The maximum atomic E-state index is 12.8. The molecule has 0 unspecified atom stereocenters. The van der Waals surface area contributed by atoms with Crippen LogP contribution < -0.4 is 10.6 Å². The molecule has 0 saturated carbocycles. The second-order valence-corrected chi connectivity index (χ2v) is 10.4. The fourth-order valence-corrected chi connectivity index (χ4v) is 5.53. The minimum atomic E-state index is -0.257. The summed E-state index contributed by atoms with van der Waals surface area (Å²) in [6.45, 7) is 4.50. The maximum Gasteiger partial charge on any atom is 0.226 e. The molecule has 2 atom stereocenters. The van der Waals surface area contributed by atoms with Crippen molar-refractivity contribution in [3.63, 3.8) is 0 Å². The number of aryl methyl sites for hydroxylation is 2. The van der Waals surface area contributed by atoms with Gasteiger partial charge >= 0.3 is 0 Å². The first-order chi connectivity index (χ1) is 17.9. The highest BCUT2D eigenvalue weighted by molar-refractivity contribution is 9.10. The second kappa shape index (κ2) is 10.9. The molecular weight excluding hydrogens is 548 g/mol. The lowest BCUT2D eigenvalue weighted by Gasteiger charge is -2.25. The van der Waals surface area contributed by atoms with Crippen LogP contribution in [0.1, 0.15) is 41.1 Å². The highest BCUT2D eigenvalue weighted by Crippen LogP contribution is 2.41. The average Bonchev–Trinajstić information content (AvgIpc) is 3.49. The van der Waals surface area contributed by atoms with E-state index >= 15 is 0 Å². The van der Waals surface area contributed by atoms with Gasteiger partial charge in [-0.2, -0.15) is 0 Å². The summed E-state index contributed by atoms with van der Waals surface area (Å²) in [4.78, 5) is 19.4. The highest BCUT2D eigenvalue weighted by Gasteiger charge is 2.41. The van der Waals surface area contributed by atoms with Gasteiger partial charge in [0, 0.05) is 34.9 Å². The van der Waals surface area contributed by atoms with Crippen LogP contribution in [0, 0.1) is 13.8 Å². The first-order valence-electron chi connectivity index (χ1n) is 12.1. The molecule has 37 heavy (non-hydrogen) atoms. The molecule has 1 saturated heterocycles. The van der Waals surface area contributed by atoms with E-state index in [-0.39, 0.29) is 24.4 Å². The Labute approximate surface area is 230 Å². The maximum absolute atomic E-state index is 12.8. The quantitative estimate of drug-likeness (QED) is 0.239. The van der Waals surface area contributed by atoms with Crippen molar-refractivity contribution in [2.24, 2.45) is 0 Å². The van der Waals surface area contributed by atoms with E-state index in [1.54, 1.807) is 6.20 Å². The van der Waals surface area contributed by atoms with E-state index in [1.165, 1.54) is 0 Å². The Kier molecular flexibility index (Phi) is 7.39. The number of nitrogens with one attached hydrogen (secondary N) is 2. The zero-order valence-electron chi connectivity index (χ0n) is 20.6. The summed E-state index contributed by atoms with van der Waals surface area (Å²) >= 11 is 9.39. The molecule has 2 aromatic carbocycles. The number of carbonyl (C=O) groups is 1. The normalized spacial score (nSPS) is 17.1. The van der Waals surface area contributed by atoms with Gasteiger partial charge in [-0.1, -0.05) is 45.8 Å². The summed E-state index contributed by atoms with van der Waals surface area (Å²) < 4.78 is 7.39. The number of hydrogen-bond acceptors (Lipinski definition) is 4. The molecule has 1 aliphatic heterocycles. The number of halogens is 1. The standard InChI is InChI=1S/C29H27BrN4O2S/c1-18-6-9-20(10-7-18)32-26(35)14-16-34-28(27(33-29(34)37)23-5-3-4-15-31-23)25-13-12-24(36-25)21-11-8-19(2)17-22(21)30/h3-13,15,17,27-28H,14,16H2,1-2H3,(H,32,35)(H,33,37)/t27-,28-/m1/s1. The van der Waals surface area contributed by atoms with Crippen molar-refractivity contribution in [2.45, 2.75) is 32.4 Å². The van der Waals surface area contributed by atoms with Crippen molar-refractivity contribution >= 4 is 44.9 Å². The second-order valence-electron chi connectivity index (χ2n) is 9.17. The number of nitrogens with zero attached hydrogens (tertiary/aromatic N) is 2. The Balaban J connectivity index is 1.40. The number of aromatic nitrogens is 1. The van der Waals surface area contributed by atoms with Gasteiger partial charge in [-0.15, -0.1) is 0 Å². The smallest absolute Gasteiger partial charge is 0.226 e. The van der Waals surface area contributed by atoms with Crippen LogP contribution in [-0.4, -0.2) is 27.4 Å². The fraction of sp³-hybridized carbons (Fsp3) is 0.207. The topological polar surface area (TPSA) is 70.4 Å². The van der Waals surface area contributed by atoms with Crippen LogP contribution in [0.25, 0.3) is 11.3 Å². The van der Waals surface area contributed by atoms with Crippen molar-refractivity contribution in [3.8, 4) is 11.3 Å². The van der Waals surface area contributed by atoms with Gasteiger partial charge in [-0.25, -0.2) is 0 Å². The van der Waals surface area contributed by atoms with Gasteiger partial charge in [-0.05, 0) is 80.2 Å². The first kappa shape index (κ1) is 25.2. The predicted octanol–water partition coefficient (Wildman–Crippen LogP) is 6.72. The summed E-state index contributed by atoms with van der Waals surface area (Å²) in [5.41, 5.74) is 4.92. The molecular formula is C29H27BrN4O2S. The van der Waals surface area contributed by atoms with Crippen LogP contribution in [0.3, 0.4) is 0 Å². The molecule has 6 nitrogen and oxygen atoms in total. The van der Waals surface area contributed by atoms with Crippen molar-refractivity contribution < 1.29 is 9.21 Å². The third-order valence-corrected chi connectivity index (χ3v) is 7.43. The zero-order chi connectivity index (χ0) is 25.9. The van der Waals surface area contributed by atoms with E-state index in [0.29, 0.717) is 11.7 Å². The number of carbonyl (C=O) groups excluding carboxylic acids is 1. The Bertz CT molecular complexity index is 1420. The Morgan fingerprint density at radius 3 is 2.59 bits per heavy atom. The van der Waals surface area contributed by atoms with Crippen molar-refractivity contribution in [2.75, 3.05) is 11.9 Å². The van der Waals surface area contributed by atoms with Crippen LogP contribution in [0.5, 0.6) is 0 Å². The molecule has 1 amide bonds. The average molecular weight is 576 g/mol. The Hall–Kier alpha value is -3.49. The lowest BCUT2D eigenvalue weighted by molar-refractivity contribution is -0.116. The Morgan fingerprint density at radius 2 is 1.86 bits per heavy atom. The number of furan rings is 1. The number of anilines is 1. The monoisotopic (exact) mass is 574 g/mol. The van der Waals surface area contributed by atoms with Crippen molar-refractivity contribution in [1.82, 2.24) is 15.2 Å². The van der Waals surface area contributed by atoms with Crippen LogP contribution in [-0.2, 0) is 4.79 Å². The molecule has 1 fully saturated rings. The molecule has 0 bridgehead atoms. The van der Waals surface area contributed by atoms with E-state index in [9.17, 15) is 4.79 Å². The van der Waals surface area contributed by atoms with E-state index in [4.69, 9.17) is 16.6 Å². The van der Waals surface area contributed by atoms with Crippen molar-refractivity contribution in [3.05, 3.63) is 106 Å². The van der Waals surface area contributed by atoms with Gasteiger partial charge in [0.05, 0.1) is 11.7 Å². The molecule has 2 N–H and O–H groups in total. The van der Waals surface area contributed by atoms with E-state index < -0.39 is 0 Å². The number of benzene rings is 2. The van der Waals surface area contributed by atoms with Crippen LogP contribution >= 0.6 is 28.1 Å². The highest BCUT2D eigenvalue weighted by atomic mass is 79.9. The first-order valence-corrected chi connectivity index (χ1v) is 13.3.